The van der Waals surface area contributed by atoms with Crippen LogP contribution in [0, 0.1) is 12.7 Å². The number of nitrogens with zero attached hydrogens (tertiary/aromatic N) is 3. The van der Waals surface area contributed by atoms with Crippen molar-refractivity contribution in [3.63, 3.8) is 0 Å². The molecule has 0 bridgehead atoms. The van der Waals surface area contributed by atoms with Gasteiger partial charge in [-0.3, -0.25) is 0 Å². The number of hydrogen-bond acceptors (Lipinski definition) is 3. The fourth-order valence-corrected chi connectivity index (χ4v) is 3.57. The lowest BCUT2D eigenvalue weighted by Crippen LogP contribution is -2.55. The number of aryl methyl sites for hydroxylation is 1. The number of anilines is 3. The summed E-state index contributed by atoms with van der Waals surface area (Å²) in [6.45, 7) is 4.39. The molecule has 5 heteroatoms. The van der Waals surface area contributed by atoms with E-state index >= 15 is 0 Å². The van der Waals surface area contributed by atoms with E-state index in [4.69, 9.17) is 0 Å². The second-order valence-electron chi connectivity index (χ2n) is 6.83. The summed E-state index contributed by atoms with van der Waals surface area (Å²) in [6, 6.07) is 23.6. The smallest absolute Gasteiger partial charge is 0.123 e. The van der Waals surface area contributed by atoms with E-state index in [-0.39, 0.29) is 5.82 Å². The van der Waals surface area contributed by atoms with E-state index in [2.05, 4.69) is 86.1 Å². The molecule has 0 amide bonds. The fourth-order valence-electron chi connectivity index (χ4n) is 3.30. The minimum Gasteiger partial charge on any atom is -0.336 e. The molecular formula is C22H21BrFN3. The molecule has 4 rings (SSSR count). The quantitative estimate of drug-likeness (QED) is 0.540. The first-order chi connectivity index (χ1) is 13.1. The summed E-state index contributed by atoms with van der Waals surface area (Å²) in [4.78, 5) is 6.90. The van der Waals surface area contributed by atoms with Gasteiger partial charge in [0.25, 0.3) is 0 Å². The van der Waals surface area contributed by atoms with Crippen molar-refractivity contribution in [2.24, 2.45) is 0 Å². The molecular weight excluding hydrogens is 405 g/mol. The topological polar surface area (TPSA) is 9.72 Å². The molecule has 1 heterocycles. The molecule has 27 heavy (non-hydrogen) atoms. The highest BCUT2D eigenvalue weighted by atomic mass is 79.9. The molecule has 1 saturated heterocycles. The van der Waals surface area contributed by atoms with Crippen molar-refractivity contribution in [2.45, 2.75) is 6.92 Å². The molecule has 0 radical (unpaired) electrons. The van der Waals surface area contributed by atoms with Gasteiger partial charge in [-0.2, -0.15) is 0 Å². The Morgan fingerprint density at radius 3 is 1.44 bits per heavy atom. The lowest BCUT2D eigenvalue weighted by atomic mass is 10.2. The maximum Gasteiger partial charge on any atom is 0.123 e. The van der Waals surface area contributed by atoms with Crippen molar-refractivity contribution in [3.8, 4) is 0 Å². The van der Waals surface area contributed by atoms with E-state index < -0.39 is 0 Å². The van der Waals surface area contributed by atoms with Gasteiger partial charge in [-0.15, -0.1) is 0 Å². The van der Waals surface area contributed by atoms with Gasteiger partial charge in [0.1, 0.15) is 5.82 Å². The molecule has 0 aliphatic carbocycles. The third-order valence-corrected chi connectivity index (χ3v) is 5.34. The van der Waals surface area contributed by atoms with Crippen LogP contribution in [0.5, 0.6) is 0 Å². The zero-order valence-electron chi connectivity index (χ0n) is 15.1. The fraction of sp³-hybridized carbons (Fsp3) is 0.182. The van der Waals surface area contributed by atoms with E-state index in [1.165, 1.54) is 23.4 Å². The van der Waals surface area contributed by atoms with Crippen LogP contribution in [-0.4, -0.2) is 20.0 Å². The van der Waals surface area contributed by atoms with Gasteiger partial charge in [0.2, 0.25) is 0 Å². The molecule has 0 unspecified atom stereocenters. The third kappa shape index (κ3) is 4.08. The van der Waals surface area contributed by atoms with Crippen molar-refractivity contribution in [1.29, 1.82) is 0 Å². The molecule has 3 aromatic rings. The summed E-state index contributed by atoms with van der Waals surface area (Å²) in [5, 5.41) is 0. The Bertz CT molecular complexity index is 766. The first kappa shape index (κ1) is 17.9. The van der Waals surface area contributed by atoms with Crippen LogP contribution < -0.4 is 14.7 Å². The number of rotatable bonds is 3. The lowest BCUT2D eigenvalue weighted by molar-refractivity contribution is 0.607. The van der Waals surface area contributed by atoms with Crippen LogP contribution in [0.1, 0.15) is 5.56 Å². The van der Waals surface area contributed by atoms with Crippen LogP contribution in [-0.2, 0) is 0 Å². The van der Waals surface area contributed by atoms with Crippen LogP contribution in [0.15, 0.2) is 77.3 Å². The number of halogens is 2. The first-order valence-electron chi connectivity index (χ1n) is 8.91. The molecule has 0 saturated carbocycles. The van der Waals surface area contributed by atoms with Crippen LogP contribution in [0.3, 0.4) is 0 Å². The largest absolute Gasteiger partial charge is 0.336 e. The minimum atomic E-state index is -0.212. The molecule has 3 aromatic carbocycles. The van der Waals surface area contributed by atoms with Gasteiger partial charge in [0, 0.05) is 21.5 Å². The standard InChI is InChI=1S/C22H21BrFN3/c1-17-2-8-20(9-3-17)25-14-26(21-10-4-18(23)5-11-21)16-27(15-25)22-12-6-19(24)7-13-22/h2-13H,14-16H2,1H3. The zero-order valence-corrected chi connectivity index (χ0v) is 16.7. The predicted octanol–water partition coefficient (Wildman–Crippen LogP) is 5.60. The van der Waals surface area contributed by atoms with E-state index in [0.717, 1.165) is 35.9 Å². The molecule has 3 nitrogen and oxygen atoms in total. The van der Waals surface area contributed by atoms with Crippen LogP contribution in [0.4, 0.5) is 21.5 Å². The molecule has 1 aliphatic rings. The van der Waals surface area contributed by atoms with E-state index in [0.29, 0.717) is 0 Å². The number of hydrogen-bond donors (Lipinski definition) is 0. The Labute approximate surface area is 167 Å². The highest BCUT2D eigenvalue weighted by molar-refractivity contribution is 9.10. The molecule has 1 aliphatic heterocycles. The van der Waals surface area contributed by atoms with Gasteiger partial charge < -0.3 is 14.7 Å². The first-order valence-corrected chi connectivity index (χ1v) is 9.70. The second kappa shape index (κ2) is 7.61. The van der Waals surface area contributed by atoms with Gasteiger partial charge in [-0.1, -0.05) is 33.6 Å². The SMILES string of the molecule is Cc1ccc(N2CN(c3ccc(F)cc3)CN(c3ccc(Br)cc3)C2)cc1. The lowest BCUT2D eigenvalue weighted by Gasteiger charge is -2.45. The monoisotopic (exact) mass is 425 g/mol. The van der Waals surface area contributed by atoms with Gasteiger partial charge >= 0.3 is 0 Å². The predicted molar refractivity (Wildman–Crippen MR) is 114 cm³/mol. The molecule has 0 aromatic heterocycles. The summed E-state index contributed by atoms with van der Waals surface area (Å²) < 4.78 is 14.4. The average molecular weight is 426 g/mol. The van der Waals surface area contributed by atoms with Gasteiger partial charge in [0.05, 0.1) is 20.0 Å². The average Bonchev–Trinajstić information content (AvgIpc) is 2.69. The summed E-state index contributed by atoms with van der Waals surface area (Å²) in [7, 11) is 0. The Morgan fingerprint density at radius 2 is 1.00 bits per heavy atom. The molecule has 0 N–H and O–H groups in total. The summed E-state index contributed by atoms with van der Waals surface area (Å²) in [6.07, 6.45) is 0. The Morgan fingerprint density at radius 1 is 0.630 bits per heavy atom. The maximum absolute atomic E-state index is 13.4. The minimum absolute atomic E-state index is 0.212. The van der Waals surface area contributed by atoms with Crippen molar-refractivity contribution in [3.05, 3.63) is 88.6 Å². The maximum atomic E-state index is 13.4. The van der Waals surface area contributed by atoms with E-state index in [1.807, 2.05) is 12.1 Å². The molecule has 138 valence electrons. The van der Waals surface area contributed by atoms with Crippen LogP contribution >= 0.6 is 15.9 Å². The molecule has 1 fully saturated rings. The van der Waals surface area contributed by atoms with Crippen molar-refractivity contribution < 1.29 is 4.39 Å². The summed E-state index contributed by atoms with van der Waals surface area (Å²) in [5.41, 5.74) is 4.59. The summed E-state index contributed by atoms with van der Waals surface area (Å²) in [5.74, 6) is -0.212. The highest BCUT2D eigenvalue weighted by Gasteiger charge is 2.24. The molecule has 0 spiro atoms. The van der Waals surface area contributed by atoms with Crippen molar-refractivity contribution in [1.82, 2.24) is 0 Å². The van der Waals surface area contributed by atoms with Crippen LogP contribution in [0.2, 0.25) is 0 Å². The molecule has 0 atom stereocenters. The van der Waals surface area contributed by atoms with Gasteiger partial charge in [0.15, 0.2) is 0 Å². The third-order valence-electron chi connectivity index (χ3n) is 4.81. The Kier molecular flexibility index (Phi) is 5.03. The van der Waals surface area contributed by atoms with Crippen molar-refractivity contribution >= 4 is 33.0 Å². The van der Waals surface area contributed by atoms with E-state index in [9.17, 15) is 4.39 Å². The van der Waals surface area contributed by atoms with E-state index in [1.54, 1.807) is 0 Å². The Balaban J connectivity index is 1.66. The number of benzene rings is 3. The second-order valence-corrected chi connectivity index (χ2v) is 7.75. The van der Waals surface area contributed by atoms with Crippen LogP contribution in [0.25, 0.3) is 0 Å². The van der Waals surface area contributed by atoms with Gasteiger partial charge in [-0.05, 0) is 67.6 Å². The van der Waals surface area contributed by atoms with Crippen molar-refractivity contribution in [2.75, 3.05) is 34.7 Å². The Hall–Kier alpha value is -2.53. The zero-order chi connectivity index (χ0) is 18.8. The highest BCUT2D eigenvalue weighted by Crippen LogP contribution is 2.27. The summed E-state index contributed by atoms with van der Waals surface area (Å²) >= 11 is 3.51. The van der Waals surface area contributed by atoms with Gasteiger partial charge in [-0.25, -0.2) is 4.39 Å². The normalized spacial score (nSPS) is 14.6.